The van der Waals surface area contributed by atoms with E-state index in [1.54, 1.807) is 30.3 Å². The minimum absolute atomic E-state index is 0.410. The highest BCUT2D eigenvalue weighted by molar-refractivity contribution is 8.00. The van der Waals surface area contributed by atoms with Gasteiger partial charge >= 0.3 is 5.97 Å². The summed E-state index contributed by atoms with van der Waals surface area (Å²) < 4.78 is 32.0. The monoisotopic (exact) mass is 308 g/mol. The van der Waals surface area contributed by atoms with E-state index in [1.807, 2.05) is 0 Å². The molecule has 0 heterocycles. The zero-order valence-electron chi connectivity index (χ0n) is 11.3. The average molecular weight is 308 g/mol. The second-order valence-corrected chi connectivity index (χ2v) is 5.48. The molecule has 0 amide bonds. The van der Waals surface area contributed by atoms with Gasteiger partial charge in [-0.2, -0.15) is 0 Å². The van der Waals surface area contributed by atoms with Crippen LogP contribution in [0.25, 0.3) is 0 Å². The van der Waals surface area contributed by atoms with E-state index in [0.29, 0.717) is 11.1 Å². The maximum absolute atomic E-state index is 14.3. The number of carbonyl (C=O) groups excluding carboxylic acids is 1. The fraction of sp³-hybridized carbons (Fsp3) is 0.188. The van der Waals surface area contributed by atoms with Gasteiger partial charge in [-0.25, -0.2) is 8.78 Å². The molecule has 0 bridgehead atoms. The summed E-state index contributed by atoms with van der Waals surface area (Å²) in [5.74, 6) is -0.975. The lowest BCUT2D eigenvalue weighted by atomic mass is 10.1. The van der Waals surface area contributed by atoms with Gasteiger partial charge in [0, 0.05) is 0 Å². The first-order valence-corrected chi connectivity index (χ1v) is 7.24. The van der Waals surface area contributed by atoms with Gasteiger partial charge in [-0.1, -0.05) is 42.5 Å². The third-order valence-corrected chi connectivity index (χ3v) is 4.15. The first-order chi connectivity index (χ1) is 10.1. The number of methoxy groups -OCH3 is 1. The van der Waals surface area contributed by atoms with Crippen LogP contribution in [0.1, 0.15) is 21.9 Å². The zero-order valence-corrected chi connectivity index (χ0v) is 12.1. The molecule has 0 spiro atoms. The number of halogens is 2. The summed E-state index contributed by atoms with van der Waals surface area (Å²) in [7, 11) is 1.25. The summed E-state index contributed by atoms with van der Waals surface area (Å²) in [5, 5.41) is -0.842. The van der Waals surface area contributed by atoms with Gasteiger partial charge in [-0.05, 0) is 23.3 Å². The van der Waals surface area contributed by atoms with Crippen LogP contribution in [0.2, 0.25) is 0 Å². The Hall–Kier alpha value is -1.88. The SMILES string of the molecule is COC(=O)C(SC(F)c1ccccc1)c1ccc(F)cc1. The highest BCUT2D eigenvalue weighted by atomic mass is 32.2. The fourth-order valence-corrected chi connectivity index (χ4v) is 2.89. The highest BCUT2D eigenvalue weighted by Crippen LogP contribution is 2.42. The number of carbonyl (C=O) groups is 1. The van der Waals surface area contributed by atoms with E-state index in [2.05, 4.69) is 0 Å². The van der Waals surface area contributed by atoms with E-state index >= 15 is 0 Å². The number of esters is 1. The second kappa shape index (κ2) is 7.22. The minimum Gasteiger partial charge on any atom is -0.468 e. The van der Waals surface area contributed by atoms with Crippen molar-refractivity contribution in [1.82, 2.24) is 0 Å². The van der Waals surface area contributed by atoms with E-state index < -0.39 is 22.5 Å². The number of benzene rings is 2. The van der Waals surface area contributed by atoms with Gasteiger partial charge in [0.25, 0.3) is 0 Å². The summed E-state index contributed by atoms with van der Waals surface area (Å²) in [5.41, 5.74) is -0.398. The molecular weight excluding hydrogens is 294 g/mol. The van der Waals surface area contributed by atoms with Crippen LogP contribution < -0.4 is 0 Å². The highest BCUT2D eigenvalue weighted by Gasteiger charge is 2.27. The molecule has 110 valence electrons. The Morgan fingerprint density at radius 1 is 1.05 bits per heavy atom. The van der Waals surface area contributed by atoms with Crippen molar-refractivity contribution in [3.8, 4) is 0 Å². The third-order valence-electron chi connectivity index (χ3n) is 2.91. The number of rotatable bonds is 5. The largest absolute Gasteiger partial charge is 0.468 e. The number of ether oxygens (including phenoxy) is 1. The lowest BCUT2D eigenvalue weighted by molar-refractivity contribution is -0.140. The Labute approximate surface area is 126 Å². The van der Waals surface area contributed by atoms with Crippen LogP contribution in [0.4, 0.5) is 8.78 Å². The van der Waals surface area contributed by atoms with Gasteiger partial charge in [0.05, 0.1) is 7.11 Å². The van der Waals surface area contributed by atoms with Crippen molar-refractivity contribution in [3.63, 3.8) is 0 Å². The van der Waals surface area contributed by atoms with E-state index in [9.17, 15) is 13.6 Å². The average Bonchev–Trinajstić information content (AvgIpc) is 2.53. The molecule has 0 saturated carbocycles. The fourth-order valence-electron chi connectivity index (χ4n) is 1.82. The lowest BCUT2D eigenvalue weighted by Crippen LogP contribution is -2.12. The molecule has 0 N–H and O–H groups in total. The van der Waals surface area contributed by atoms with Crippen molar-refractivity contribution >= 4 is 17.7 Å². The minimum atomic E-state index is -1.37. The van der Waals surface area contributed by atoms with Crippen molar-refractivity contribution in [2.75, 3.05) is 7.11 Å². The van der Waals surface area contributed by atoms with Gasteiger partial charge in [-0.3, -0.25) is 4.79 Å². The van der Waals surface area contributed by atoms with Crippen molar-refractivity contribution in [2.45, 2.75) is 10.8 Å². The molecule has 2 nitrogen and oxygen atoms in total. The van der Waals surface area contributed by atoms with Crippen LogP contribution in [0.15, 0.2) is 54.6 Å². The van der Waals surface area contributed by atoms with Crippen LogP contribution >= 0.6 is 11.8 Å². The number of hydrogen-bond acceptors (Lipinski definition) is 3. The Morgan fingerprint density at radius 3 is 2.24 bits per heavy atom. The van der Waals surface area contributed by atoms with Crippen LogP contribution in [0, 0.1) is 5.82 Å². The van der Waals surface area contributed by atoms with Gasteiger partial charge in [0.2, 0.25) is 0 Å². The first-order valence-electron chi connectivity index (χ1n) is 6.29. The lowest BCUT2D eigenvalue weighted by Gasteiger charge is -2.17. The number of hydrogen-bond donors (Lipinski definition) is 0. The van der Waals surface area contributed by atoms with Crippen LogP contribution in [0.3, 0.4) is 0 Å². The quantitative estimate of drug-likeness (QED) is 0.764. The molecule has 21 heavy (non-hydrogen) atoms. The second-order valence-electron chi connectivity index (χ2n) is 4.32. The first kappa shape index (κ1) is 15.5. The zero-order chi connectivity index (χ0) is 15.2. The summed E-state index contributed by atoms with van der Waals surface area (Å²) in [6.45, 7) is 0. The van der Waals surface area contributed by atoms with Crippen molar-refractivity contribution in [2.24, 2.45) is 0 Å². The topological polar surface area (TPSA) is 26.3 Å². The Kier molecular flexibility index (Phi) is 5.33. The Balaban J connectivity index is 2.21. The normalized spacial score (nSPS) is 13.5. The molecule has 0 fully saturated rings. The van der Waals surface area contributed by atoms with E-state index in [0.717, 1.165) is 11.8 Å². The molecule has 0 aliphatic rings. The van der Waals surface area contributed by atoms with Crippen molar-refractivity contribution < 1.29 is 18.3 Å². The predicted octanol–water partition coefficient (Wildman–Crippen LogP) is 4.44. The standard InChI is InChI=1S/C16H14F2O2S/c1-20-16(19)14(11-7-9-13(17)10-8-11)21-15(18)12-5-3-2-4-6-12/h2-10,14-15H,1H3. The molecule has 0 saturated heterocycles. The van der Waals surface area contributed by atoms with E-state index in [4.69, 9.17) is 4.74 Å². The third kappa shape index (κ3) is 4.04. The Morgan fingerprint density at radius 2 is 1.67 bits per heavy atom. The molecule has 0 aliphatic heterocycles. The maximum atomic E-state index is 14.3. The Bertz CT molecular complexity index is 587. The molecule has 2 atom stereocenters. The maximum Gasteiger partial charge on any atom is 0.323 e. The molecule has 5 heteroatoms. The van der Waals surface area contributed by atoms with Gasteiger partial charge in [-0.15, -0.1) is 11.8 Å². The van der Waals surface area contributed by atoms with Crippen molar-refractivity contribution in [3.05, 3.63) is 71.5 Å². The van der Waals surface area contributed by atoms with Crippen molar-refractivity contribution in [1.29, 1.82) is 0 Å². The molecule has 0 aromatic heterocycles. The summed E-state index contributed by atoms with van der Waals surface area (Å²) in [4.78, 5) is 11.9. The van der Waals surface area contributed by atoms with Crippen LogP contribution in [-0.4, -0.2) is 13.1 Å². The van der Waals surface area contributed by atoms with Gasteiger partial charge in [0.1, 0.15) is 11.1 Å². The number of thioether (sulfide) groups is 1. The number of alkyl halides is 1. The molecular formula is C16H14F2O2S. The van der Waals surface area contributed by atoms with Crippen LogP contribution in [0.5, 0.6) is 0 Å². The summed E-state index contributed by atoms with van der Waals surface area (Å²) in [6, 6.07) is 13.9. The molecule has 0 aliphatic carbocycles. The molecule has 2 aromatic rings. The molecule has 0 radical (unpaired) electrons. The summed E-state index contributed by atoms with van der Waals surface area (Å²) in [6.07, 6.45) is 0. The summed E-state index contributed by atoms with van der Waals surface area (Å²) >= 11 is 0.826. The van der Waals surface area contributed by atoms with Gasteiger partial charge in [0.15, 0.2) is 5.50 Å². The predicted molar refractivity (Wildman–Crippen MR) is 79.0 cm³/mol. The van der Waals surface area contributed by atoms with E-state index in [-0.39, 0.29) is 0 Å². The molecule has 2 aromatic carbocycles. The molecule has 2 unspecified atom stereocenters. The van der Waals surface area contributed by atoms with Crippen LogP contribution in [-0.2, 0) is 9.53 Å². The van der Waals surface area contributed by atoms with Gasteiger partial charge < -0.3 is 4.74 Å². The van der Waals surface area contributed by atoms with E-state index in [1.165, 1.54) is 31.4 Å². The molecule has 2 rings (SSSR count). The smallest absolute Gasteiger partial charge is 0.323 e.